The zero-order chi connectivity index (χ0) is 14.4. The Labute approximate surface area is 121 Å². The molecule has 0 aliphatic heterocycles. The highest BCUT2D eigenvalue weighted by Crippen LogP contribution is 2.46. The molecule has 0 saturated heterocycles. The fourth-order valence-electron chi connectivity index (χ4n) is 3.74. The number of rotatable bonds is 2. The standard InChI is InChI=1S/C17H16O4/c18-16-13(9-11-3-1-2-4-14(11)20-16)17(19)21-15-8-10-5-6-12(15)7-10/h1-4,9-10,12,15H,5-8H2/t10-,12-,15+/m1/s1. The van der Waals surface area contributed by atoms with Gasteiger partial charge in [0.2, 0.25) is 0 Å². The molecule has 0 N–H and O–H groups in total. The van der Waals surface area contributed by atoms with Gasteiger partial charge in [-0.3, -0.25) is 0 Å². The summed E-state index contributed by atoms with van der Waals surface area (Å²) in [5, 5.41) is 0.733. The second kappa shape index (κ2) is 4.72. The van der Waals surface area contributed by atoms with Crippen molar-refractivity contribution in [3.8, 4) is 0 Å². The number of fused-ring (bicyclic) bond motifs is 3. The van der Waals surface area contributed by atoms with Crippen LogP contribution in [0.5, 0.6) is 0 Å². The molecule has 21 heavy (non-hydrogen) atoms. The van der Waals surface area contributed by atoms with Gasteiger partial charge in [-0.25, -0.2) is 9.59 Å². The van der Waals surface area contributed by atoms with Gasteiger partial charge in [0.05, 0.1) is 0 Å². The number of hydrogen-bond donors (Lipinski definition) is 0. The Hall–Kier alpha value is -2.10. The molecule has 2 bridgehead atoms. The third-order valence-corrected chi connectivity index (χ3v) is 4.79. The predicted octanol–water partition coefficient (Wildman–Crippen LogP) is 3.14. The van der Waals surface area contributed by atoms with Crippen LogP contribution in [-0.2, 0) is 4.74 Å². The molecule has 1 aromatic heterocycles. The predicted molar refractivity (Wildman–Crippen MR) is 77.1 cm³/mol. The number of benzene rings is 1. The number of esters is 1. The summed E-state index contributed by atoms with van der Waals surface area (Å²) in [6.45, 7) is 0. The van der Waals surface area contributed by atoms with E-state index in [4.69, 9.17) is 9.15 Å². The molecular weight excluding hydrogens is 268 g/mol. The highest BCUT2D eigenvalue weighted by molar-refractivity contribution is 5.92. The van der Waals surface area contributed by atoms with Crippen molar-refractivity contribution in [3.63, 3.8) is 0 Å². The average Bonchev–Trinajstić information content (AvgIpc) is 3.09. The van der Waals surface area contributed by atoms with E-state index >= 15 is 0 Å². The smallest absolute Gasteiger partial charge is 0.351 e. The fraction of sp³-hybridized carbons (Fsp3) is 0.412. The molecule has 1 aromatic carbocycles. The highest BCUT2D eigenvalue weighted by Gasteiger charge is 2.42. The first kappa shape index (κ1) is 12.6. The summed E-state index contributed by atoms with van der Waals surface area (Å²) in [6.07, 6.45) is 4.45. The highest BCUT2D eigenvalue weighted by atomic mass is 16.5. The van der Waals surface area contributed by atoms with Crippen LogP contribution < -0.4 is 5.63 Å². The van der Waals surface area contributed by atoms with Gasteiger partial charge in [-0.05, 0) is 49.7 Å². The van der Waals surface area contributed by atoms with E-state index in [0.717, 1.165) is 24.6 Å². The molecule has 0 amide bonds. The fourth-order valence-corrected chi connectivity index (χ4v) is 3.74. The van der Waals surface area contributed by atoms with Gasteiger partial charge in [-0.15, -0.1) is 0 Å². The van der Waals surface area contributed by atoms with Crippen LogP contribution in [0.15, 0.2) is 39.5 Å². The number of hydrogen-bond acceptors (Lipinski definition) is 4. The summed E-state index contributed by atoms with van der Waals surface area (Å²) in [6, 6.07) is 8.72. The second-order valence-corrected chi connectivity index (χ2v) is 6.10. The Morgan fingerprint density at radius 3 is 2.81 bits per heavy atom. The van der Waals surface area contributed by atoms with Gasteiger partial charge in [-0.2, -0.15) is 0 Å². The Morgan fingerprint density at radius 2 is 2.05 bits per heavy atom. The molecule has 3 atom stereocenters. The lowest BCUT2D eigenvalue weighted by molar-refractivity contribution is 0.0154. The minimum Gasteiger partial charge on any atom is -0.458 e. The summed E-state index contributed by atoms with van der Waals surface area (Å²) in [5.74, 6) is 0.624. The minimum atomic E-state index is -0.623. The van der Waals surface area contributed by atoms with Crippen LogP contribution in [0, 0.1) is 11.8 Å². The van der Waals surface area contributed by atoms with Crippen LogP contribution in [0.1, 0.15) is 36.0 Å². The maximum absolute atomic E-state index is 12.3. The molecule has 4 rings (SSSR count). The van der Waals surface area contributed by atoms with Crippen LogP contribution in [0.3, 0.4) is 0 Å². The molecule has 2 fully saturated rings. The lowest BCUT2D eigenvalue weighted by Crippen LogP contribution is -2.26. The molecule has 1 heterocycles. The molecule has 0 radical (unpaired) electrons. The molecule has 2 saturated carbocycles. The van der Waals surface area contributed by atoms with Gasteiger partial charge in [0.25, 0.3) is 0 Å². The monoisotopic (exact) mass is 284 g/mol. The van der Waals surface area contributed by atoms with Crippen molar-refractivity contribution in [1.82, 2.24) is 0 Å². The molecule has 2 aromatic rings. The maximum atomic E-state index is 12.3. The van der Waals surface area contributed by atoms with Crippen LogP contribution in [0.25, 0.3) is 11.0 Å². The molecule has 0 unspecified atom stereocenters. The van der Waals surface area contributed by atoms with Gasteiger partial charge in [0.1, 0.15) is 17.3 Å². The maximum Gasteiger partial charge on any atom is 0.351 e. The van der Waals surface area contributed by atoms with Crippen molar-refractivity contribution < 1.29 is 13.9 Å². The molecule has 108 valence electrons. The number of carbonyl (C=O) groups excluding carboxylic acids is 1. The van der Waals surface area contributed by atoms with Crippen LogP contribution in [0.4, 0.5) is 0 Å². The van der Waals surface area contributed by atoms with Crippen molar-refractivity contribution >= 4 is 16.9 Å². The first-order valence-electron chi connectivity index (χ1n) is 7.44. The van der Waals surface area contributed by atoms with E-state index < -0.39 is 11.6 Å². The third-order valence-electron chi connectivity index (χ3n) is 4.79. The van der Waals surface area contributed by atoms with Crippen LogP contribution >= 0.6 is 0 Å². The molecule has 4 heteroatoms. The van der Waals surface area contributed by atoms with E-state index in [9.17, 15) is 9.59 Å². The van der Waals surface area contributed by atoms with Crippen molar-refractivity contribution in [3.05, 3.63) is 46.3 Å². The van der Waals surface area contributed by atoms with E-state index in [2.05, 4.69) is 0 Å². The van der Waals surface area contributed by atoms with Crippen molar-refractivity contribution in [2.45, 2.75) is 31.8 Å². The second-order valence-electron chi connectivity index (χ2n) is 6.10. The Morgan fingerprint density at radius 1 is 1.19 bits per heavy atom. The van der Waals surface area contributed by atoms with Crippen molar-refractivity contribution in [2.24, 2.45) is 11.8 Å². The normalized spacial score (nSPS) is 27.1. The van der Waals surface area contributed by atoms with Gasteiger partial charge >= 0.3 is 11.6 Å². The Bertz CT molecular complexity index is 761. The van der Waals surface area contributed by atoms with E-state index in [1.165, 1.54) is 6.42 Å². The number of carbonyl (C=O) groups is 1. The topological polar surface area (TPSA) is 56.5 Å². The molecular formula is C17H16O4. The first-order valence-corrected chi connectivity index (χ1v) is 7.44. The summed E-state index contributed by atoms with van der Waals surface area (Å²) < 4.78 is 10.7. The van der Waals surface area contributed by atoms with E-state index in [1.54, 1.807) is 18.2 Å². The van der Waals surface area contributed by atoms with Gasteiger partial charge < -0.3 is 9.15 Å². The summed E-state index contributed by atoms with van der Waals surface area (Å²) in [5.41, 5.74) is -0.141. The summed E-state index contributed by atoms with van der Waals surface area (Å²) >= 11 is 0. The lowest BCUT2D eigenvalue weighted by atomic mass is 9.98. The third kappa shape index (κ3) is 2.15. The van der Waals surface area contributed by atoms with E-state index in [1.807, 2.05) is 12.1 Å². The van der Waals surface area contributed by atoms with Crippen molar-refractivity contribution in [2.75, 3.05) is 0 Å². The summed E-state index contributed by atoms with van der Waals surface area (Å²) in [4.78, 5) is 24.2. The lowest BCUT2D eigenvalue weighted by Gasteiger charge is -2.21. The SMILES string of the molecule is O=C(O[C@H]1C[C@@H]2CC[C@@H]1C2)c1cc2ccccc2oc1=O. The Balaban J connectivity index is 1.62. The average molecular weight is 284 g/mol. The largest absolute Gasteiger partial charge is 0.458 e. The van der Waals surface area contributed by atoms with Gasteiger partial charge in [-0.1, -0.05) is 18.2 Å². The van der Waals surface area contributed by atoms with E-state index in [-0.39, 0.29) is 11.7 Å². The van der Waals surface area contributed by atoms with E-state index in [0.29, 0.717) is 17.4 Å². The molecule has 4 nitrogen and oxygen atoms in total. The molecule has 2 aliphatic rings. The zero-order valence-corrected chi connectivity index (χ0v) is 11.6. The molecule has 2 aliphatic carbocycles. The zero-order valence-electron chi connectivity index (χ0n) is 11.6. The van der Waals surface area contributed by atoms with Crippen LogP contribution in [-0.4, -0.2) is 12.1 Å². The van der Waals surface area contributed by atoms with Gasteiger partial charge in [0, 0.05) is 5.39 Å². The number of para-hydroxylation sites is 1. The summed E-state index contributed by atoms with van der Waals surface area (Å²) in [7, 11) is 0. The van der Waals surface area contributed by atoms with Crippen LogP contribution in [0.2, 0.25) is 0 Å². The van der Waals surface area contributed by atoms with Gasteiger partial charge in [0.15, 0.2) is 0 Å². The quantitative estimate of drug-likeness (QED) is 0.628. The minimum absolute atomic E-state index is 0.00327. The van der Waals surface area contributed by atoms with Crippen molar-refractivity contribution in [1.29, 1.82) is 0 Å². The molecule has 0 spiro atoms. The number of ether oxygens (including phenoxy) is 1. The first-order chi connectivity index (χ1) is 10.2. The Kier molecular flexibility index (Phi) is 2.84.